The van der Waals surface area contributed by atoms with Crippen LogP contribution in [0.4, 0.5) is 4.39 Å². The molecule has 11 nitrogen and oxygen atoms in total. The number of amides is 1. The second-order valence-electron chi connectivity index (χ2n) is 12.0. The lowest BCUT2D eigenvalue weighted by atomic mass is 9.98. The van der Waals surface area contributed by atoms with Crippen molar-refractivity contribution < 1.29 is 28.2 Å². The molecule has 0 atom stereocenters. The molecule has 0 aliphatic carbocycles. The molecule has 2 aliphatic rings. The van der Waals surface area contributed by atoms with Gasteiger partial charge in [-0.1, -0.05) is 29.7 Å². The number of carbonyl (C=O) groups excluding carboxylic acids is 3. The quantitative estimate of drug-likeness (QED) is 0.106. The maximum atomic E-state index is 14.9. The third-order valence-electron chi connectivity index (χ3n) is 8.75. The number of imidazole rings is 2. The van der Waals surface area contributed by atoms with E-state index in [4.69, 9.17) is 32.5 Å². The smallest absolute Gasteiger partial charge is 0.358 e. The Hall–Kier alpha value is -6.06. The van der Waals surface area contributed by atoms with Gasteiger partial charge in [0.25, 0.3) is 5.91 Å². The first-order chi connectivity index (χ1) is 24.7. The average Bonchev–Trinajstić information content (AvgIpc) is 3.69. The number of carbonyl (C=O) groups is 3. The molecule has 0 saturated heterocycles. The van der Waals surface area contributed by atoms with E-state index in [0.29, 0.717) is 75.0 Å². The Kier molecular flexibility index (Phi) is 9.21. The molecule has 7 rings (SSSR count). The summed E-state index contributed by atoms with van der Waals surface area (Å²) in [7, 11) is 1.65. The van der Waals surface area contributed by atoms with Crippen LogP contribution in [-0.4, -0.2) is 67.8 Å². The summed E-state index contributed by atoms with van der Waals surface area (Å²) in [6.07, 6.45) is 10.4. The van der Waals surface area contributed by atoms with Crippen LogP contribution in [0, 0.1) is 18.2 Å². The third kappa shape index (κ3) is 6.39. The molecule has 2 aliphatic heterocycles. The molecule has 5 aromatic rings. The van der Waals surface area contributed by atoms with E-state index in [1.807, 2.05) is 0 Å². The number of rotatable bonds is 9. The molecule has 0 radical (unpaired) electrons. The zero-order chi connectivity index (χ0) is 35.6. The molecule has 0 unspecified atom stereocenters. The second-order valence-corrected chi connectivity index (χ2v) is 12.4. The average molecular weight is 705 g/mol. The standard InChI is InChI=1S/C38H30ClFN6O5/c1-3-23-11-13-29-26(17-23)33(25-9-5-6-10-28(25)40)41-19-31-34(42-21-45(29)31)37(48)50-15-7-4-8-16-51-38(49)35-32-20-44(2)36(47)27-18-24(39)12-14-30(27)46(32)22-43-35/h1,5-6,9-14,17-18,21-22H,4,7-8,15-16,19-20H2,2H3. The van der Waals surface area contributed by atoms with Crippen molar-refractivity contribution in [1.82, 2.24) is 24.0 Å². The number of halogens is 2. The predicted octanol–water partition coefficient (Wildman–Crippen LogP) is 5.95. The van der Waals surface area contributed by atoms with Crippen molar-refractivity contribution in [3.63, 3.8) is 0 Å². The largest absolute Gasteiger partial charge is 0.461 e. The Labute approximate surface area is 297 Å². The molecule has 2 aromatic heterocycles. The molecule has 256 valence electrons. The molecule has 0 N–H and O–H groups in total. The molecule has 3 aromatic carbocycles. The van der Waals surface area contributed by atoms with Crippen molar-refractivity contribution >= 4 is 35.2 Å². The number of benzene rings is 3. The highest BCUT2D eigenvalue weighted by Gasteiger charge is 2.30. The van der Waals surface area contributed by atoms with Gasteiger partial charge in [0.15, 0.2) is 11.4 Å². The van der Waals surface area contributed by atoms with E-state index >= 15 is 0 Å². The van der Waals surface area contributed by atoms with Crippen molar-refractivity contribution in [1.29, 1.82) is 0 Å². The van der Waals surface area contributed by atoms with Crippen molar-refractivity contribution in [2.45, 2.75) is 32.4 Å². The van der Waals surface area contributed by atoms with E-state index in [2.05, 4.69) is 15.9 Å². The van der Waals surface area contributed by atoms with Gasteiger partial charge in [-0.2, -0.15) is 0 Å². The minimum absolute atomic E-state index is 0.0624. The highest BCUT2D eigenvalue weighted by molar-refractivity contribution is 6.31. The van der Waals surface area contributed by atoms with Crippen LogP contribution in [0.5, 0.6) is 0 Å². The summed E-state index contributed by atoms with van der Waals surface area (Å²) in [6, 6.07) is 16.7. The first-order valence-corrected chi connectivity index (χ1v) is 16.6. The van der Waals surface area contributed by atoms with E-state index in [1.54, 1.807) is 70.8 Å². The molecule has 0 fully saturated rings. The van der Waals surface area contributed by atoms with Crippen LogP contribution in [-0.2, 0) is 22.6 Å². The van der Waals surface area contributed by atoms with Gasteiger partial charge >= 0.3 is 11.9 Å². The monoisotopic (exact) mass is 704 g/mol. The fraction of sp³-hybridized carbons (Fsp3) is 0.211. The van der Waals surface area contributed by atoms with Gasteiger partial charge in [-0.3, -0.25) is 18.9 Å². The van der Waals surface area contributed by atoms with E-state index in [1.165, 1.54) is 23.6 Å². The molecular formula is C38H30ClFN6O5. The fourth-order valence-electron chi connectivity index (χ4n) is 6.19. The summed E-state index contributed by atoms with van der Waals surface area (Å²) in [4.78, 5) is 53.9. The summed E-state index contributed by atoms with van der Waals surface area (Å²) < 4.78 is 29.4. The number of hydrogen-bond donors (Lipinski definition) is 0. The number of unbranched alkanes of at least 4 members (excludes halogenated alkanes) is 2. The molecule has 0 saturated carbocycles. The van der Waals surface area contributed by atoms with Crippen molar-refractivity contribution in [2.24, 2.45) is 4.99 Å². The van der Waals surface area contributed by atoms with E-state index < -0.39 is 17.8 Å². The highest BCUT2D eigenvalue weighted by atomic mass is 35.5. The van der Waals surface area contributed by atoms with Crippen LogP contribution in [0.2, 0.25) is 5.02 Å². The van der Waals surface area contributed by atoms with Crippen molar-refractivity contribution in [3.8, 4) is 23.7 Å². The number of terminal acetylenes is 1. The Morgan fingerprint density at radius 2 is 1.51 bits per heavy atom. The predicted molar refractivity (Wildman–Crippen MR) is 186 cm³/mol. The number of ether oxygens (including phenoxy) is 2. The summed E-state index contributed by atoms with van der Waals surface area (Å²) in [5.41, 5.74) is 4.92. The molecule has 13 heteroatoms. The first kappa shape index (κ1) is 33.4. The fourth-order valence-corrected chi connectivity index (χ4v) is 6.37. The molecule has 0 spiro atoms. The van der Waals surface area contributed by atoms with Crippen molar-refractivity contribution in [2.75, 3.05) is 20.3 Å². The molecule has 4 heterocycles. The maximum Gasteiger partial charge on any atom is 0.358 e. The number of aliphatic imine (C=N–C) groups is 1. The second kappa shape index (κ2) is 14.0. The van der Waals surface area contributed by atoms with Gasteiger partial charge < -0.3 is 14.4 Å². The van der Waals surface area contributed by atoms with E-state index in [-0.39, 0.29) is 43.6 Å². The third-order valence-corrected chi connectivity index (χ3v) is 8.99. The lowest BCUT2D eigenvalue weighted by Crippen LogP contribution is -2.26. The van der Waals surface area contributed by atoms with Crippen LogP contribution < -0.4 is 0 Å². The number of esters is 2. The van der Waals surface area contributed by atoms with Gasteiger partial charge in [0, 0.05) is 28.8 Å². The van der Waals surface area contributed by atoms with Gasteiger partial charge in [-0.05, 0) is 67.8 Å². The number of fused-ring (bicyclic) bond motifs is 6. The van der Waals surface area contributed by atoms with Gasteiger partial charge in [0.05, 0.1) is 60.3 Å². The van der Waals surface area contributed by atoms with Crippen LogP contribution in [0.1, 0.15) is 78.7 Å². The number of hydrogen-bond acceptors (Lipinski definition) is 8. The normalized spacial score (nSPS) is 13.1. The molecular weight excluding hydrogens is 675 g/mol. The number of nitrogens with zero attached hydrogens (tertiary/aromatic N) is 6. The zero-order valence-electron chi connectivity index (χ0n) is 27.4. The van der Waals surface area contributed by atoms with Gasteiger partial charge in [-0.25, -0.2) is 23.9 Å². The summed E-state index contributed by atoms with van der Waals surface area (Å²) in [5.74, 6) is 0.779. The van der Waals surface area contributed by atoms with Gasteiger partial charge in [-0.15, -0.1) is 6.42 Å². The van der Waals surface area contributed by atoms with Crippen molar-refractivity contribution in [3.05, 3.63) is 129 Å². The minimum Gasteiger partial charge on any atom is -0.461 e. The number of aromatic nitrogens is 4. The van der Waals surface area contributed by atoms with Crippen LogP contribution >= 0.6 is 11.6 Å². The molecule has 0 bridgehead atoms. The lowest BCUT2D eigenvalue weighted by Gasteiger charge is -2.14. The zero-order valence-corrected chi connectivity index (χ0v) is 28.2. The Bertz CT molecular complexity index is 2290. The van der Waals surface area contributed by atoms with Gasteiger partial charge in [0.2, 0.25) is 0 Å². The Balaban J connectivity index is 0.948. The summed E-state index contributed by atoms with van der Waals surface area (Å²) in [6.45, 7) is 0.493. The summed E-state index contributed by atoms with van der Waals surface area (Å²) in [5, 5.41) is 0.432. The SMILES string of the molecule is C#Cc1ccc2c(c1)C(c1ccccc1F)=NCc1c(C(=O)OCCCCCOC(=O)c3ncn4c3CN(C)C(=O)c3cc(Cl)ccc3-4)ncn1-2. The Morgan fingerprint density at radius 1 is 0.863 bits per heavy atom. The van der Waals surface area contributed by atoms with Gasteiger partial charge in [0.1, 0.15) is 18.5 Å². The molecule has 51 heavy (non-hydrogen) atoms. The van der Waals surface area contributed by atoms with Crippen LogP contribution in [0.25, 0.3) is 11.4 Å². The van der Waals surface area contributed by atoms with E-state index in [9.17, 15) is 18.8 Å². The molecule has 1 amide bonds. The lowest BCUT2D eigenvalue weighted by molar-refractivity contribution is 0.0468. The first-order valence-electron chi connectivity index (χ1n) is 16.2. The minimum atomic E-state index is -0.603. The maximum absolute atomic E-state index is 14.9. The summed E-state index contributed by atoms with van der Waals surface area (Å²) >= 11 is 6.13. The van der Waals surface area contributed by atoms with Crippen LogP contribution in [0.3, 0.4) is 0 Å². The van der Waals surface area contributed by atoms with Crippen LogP contribution in [0.15, 0.2) is 78.3 Å². The topological polar surface area (TPSA) is 121 Å². The van der Waals surface area contributed by atoms with E-state index in [0.717, 1.165) is 0 Å². The highest BCUT2D eigenvalue weighted by Crippen LogP contribution is 2.30. The Morgan fingerprint density at radius 3 is 2.22 bits per heavy atom.